The number of piperazine rings is 1. The first-order chi connectivity index (χ1) is 11.3. The molecule has 0 saturated carbocycles. The second-order valence-corrected chi connectivity index (χ2v) is 6.38. The molecule has 0 aromatic heterocycles. The Morgan fingerprint density at radius 3 is 2.48 bits per heavy atom. The molecular formula is C18H26N2O3. The van der Waals surface area contributed by atoms with Crippen LogP contribution in [0.4, 0.5) is 4.79 Å². The van der Waals surface area contributed by atoms with Crippen molar-refractivity contribution in [3.63, 3.8) is 0 Å². The third kappa shape index (κ3) is 4.94. The summed E-state index contributed by atoms with van der Waals surface area (Å²) in [5.41, 5.74) is 1.03. The van der Waals surface area contributed by atoms with Crippen molar-refractivity contribution in [2.75, 3.05) is 45.9 Å². The normalized spacial score (nSPS) is 20.4. The summed E-state index contributed by atoms with van der Waals surface area (Å²) in [4.78, 5) is 16.4. The maximum atomic E-state index is 12.1. The maximum Gasteiger partial charge on any atom is 0.410 e. The molecule has 0 unspecified atom stereocenters. The van der Waals surface area contributed by atoms with Gasteiger partial charge in [-0.25, -0.2) is 4.79 Å². The number of rotatable bonds is 4. The van der Waals surface area contributed by atoms with Crippen molar-refractivity contribution in [1.82, 2.24) is 9.80 Å². The van der Waals surface area contributed by atoms with E-state index in [1.165, 1.54) is 12.8 Å². The largest absolute Gasteiger partial charge is 0.445 e. The number of nitrogens with zero attached hydrogens (tertiary/aromatic N) is 2. The van der Waals surface area contributed by atoms with Crippen LogP contribution in [0.5, 0.6) is 0 Å². The van der Waals surface area contributed by atoms with E-state index in [9.17, 15) is 4.79 Å². The standard InChI is InChI=1S/C18H26N2O3/c21-18(23-15-17-4-2-1-3-5-17)20-10-8-19(9-11-20)14-16-6-12-22-13-7-16/h1-5,16H,6-15H2. The molecule has 2 fully saturated rings. The fraction of sp³-hybridized carbons (Fsp3) is 0.611. The lowest BCUT2D eigenvalue weighted by atomic mass is 9.99. The number of amides is 1. The lowest BCUT2D eigenvalue weighted by Crippen LogP contribution is -2.50. The molecule has 0 radical (unpaired) electrons. The molecular weight excluding hydrogens is 292 g/mol. The summed E-state index contributed by atoms with van der Waals surface area (Å²) in [6, 6.07) is 9.82. The number of carbonyl (C=O) groups is 1. The molecule has 0 N–H and O–H groups in total. The average Bonchev–Trinajstić information content (AvgIpc) is 2.62. The topological polar surface area (TPSA) is 42.0 Å². The summed E-state index contributed by atoms with van der Waals surface area (Å²) in [5, 5.41) is 0. The predicted octanol–water partition coefficient (Wildman–Crippen LogP) is 2.37. The van der Waals surface area contributed by atoms with Gasteiger partial charge >= 0.3 is 6.09 Å². The molecule has 3 rings (SSSR count). The van der Waals surface area contributed by atoms with Crippen LogP contribution in [0, 0.1) is 5.92 Å². The minimum atomic E-state index is -0.195. The predicted molar refractivity (Wildman–Crippen MR) is 88.2 cm³/mol. The Hall–Kier alpha value is -1.59. The fourth-order valence-electron chi connectivity index (χ4n) is 3.22. The van der Waals surface area contributed by atoms with Gasteiger partial charge in [-0.05, 0) is 24.3 Å². The first-order valence-electron chi connectivity index (χ1n) is 8.57. The van der Waals surface area contributed by atoms with E-state index in [1.807, 2.05) is 35.2 Å². The van der Waals surface area contributed by atoms with Gasteiger partial charge in [0.1, 0.15) is 6.61 Å². The fourth-order valence-corrected chi connectivity index (χ4v) is 3.22. The Balaban J connectivity index is 1.37. The smallest absolute Gasteiger partial charge is 0.410 e. The average molecular weight is 318 g/mol. The van der Waals surface area contributed by atoms with E-state index in [4.69, 9.17) is 9.47 Å². The van der Waals surface area contributed by atoms with Crippen molar-refractivity contribution in [2.24, 2.45) is 5.92 Å². The van der Waals surface area contributed by atoms with Crippen LogP contribution in [0.15, 0.2) is 30.3 Å². The minimum Gasteiger partial charge on any atom is -0.445 e. The van der Waals surface area contributed by atoms with E-state index in [1.54, 1.807) is 0 Å². The molecule has 23 heavy (non-hydrogen) atoms. The van der Waals surface area contributed by atoms with E-state index in [0.717, 1.165) is 57.4 Å². The first-order valence-corrected chi connectivity index (χ1v) is 8.57. The number of carbonyl (C=O) groups excluding carboxylic acids is 1. The van der Waals surface area contributed by atoms with Gasteiger partial charge in [0.25, 0.3) is 0 Å². The minimum absolute atomic E-state index is 0.195. The highest BCUT2D eigenvalue weighted by molar-refractivity contribution is 5.67. The molecule has 1 amide bonds. The van der Waals surface area contributed by atoms with Crippen LogP contribution in [0.1, 0.15) is 18.4 Å². The van der Waals surface area contributed by atoms with Crippen LogP contribution in [-0.4, -0.2) is 61.8 Å². The summed E-state index contributed by atoms with van der Waals surface area (Å²) in [6.07, 6.45) is 2.14. The molecule has 0 spiro atoms. The van der Waals surface area contributed by atoms with Crippen LogP contribution < -0.4 is 0 Å². The Morgan fingerprint density at radius 2 is 1.78 bits per heavy atom. The summed E-state index contributed by atoms with van der Waals surface area (Å²) in [7, 11) is 0. The zero-order valence-corrected chi connectivity index (χ0v) is 13.7. The molecule has 0 bridgehead atoms. The van der Waals surface area contributed by atoms with Gasteiger partial charge in [0.2, 0.25) is 0 Å². The van der Waals surface area contributed by atoms with Gasteiger partial charge in [-0.15, -0.1) is 0 Å². The molecule has 5 nitrogen and oxygen atoms in total. The van der Waals surface area contributed by atoms with E-state index >= 15 is 0 Å². The molecule has 2 aliphatic rings. The Bertz CT molecular complexity index is 480. The van der Waals surface area contributed by atoms with E-state index in [2.05, 4.69) is 4.90 Å². The SMILES string of the molecule is O=C(OCc1ccccc1)N1CCN(CC2CCOCC2)CC1. The van der Waals surface area contributed by atoms with Gasteiger partial charge < -0.3 is 14.4 Å². The molecule has 2 heterocycles. The third-order valence-electron chi connectivity index (χ3n) is 4.69. The summed E-state index contributed by atoms with van der Waals surface area (Å²) in [5.74, 6) is 0.750. The molecule has 2 aliphatic heterocycles. The van der Waals surface area contributed by atoms with Crippen LogP contribution in [0.3, 0.4) is 0 Å². The molecule has 126 valence electrons. The zero-order valence-electron chi connectivity index (χ0n) is 13.7. The summed E-state index contributed by atoms with van der Waals surface area (Å²) in [6.45, 7) is 6.69. The van der Waals surface area contributed by atoms with Crippen molar-refractivity contribution in [3.05, 3.63) is 35.9 Å². The van der Waals surface area contributed by atoms with Gasteiger partial charge in [-0.2, -0.15) is 0 Å². The second-order valence-electron chi connectivity index (χ2n) is 6.38. The molecule has 0 aliphatic carbocycles. The van der Waals surface area contributed by atoms with Crippen molar-refractivity contribution >= 4 is 6.09 Å². The van der Waals surface area contributed by atoms with Gasteiger partial charge in [0.05, 0.1) is 0 Å². The molecule has 1 aromatic carbocycles. The van der Waals surface area contributed by atoms with Crippen molar-refractivity contribution in [1.29, 1.82) is 0 Å². The molecule has 0 atom stereocenters. The number of ether oxygens (including phenoxy) is 2. The lowest BCUT2D eigenvalue weighted by Gasteiger charge is -2.36. The van der Waals surface area contributed by atoms with Crippen molar-refractivity contribution in [2.45, 2.75) is 19.4 Å². The molecule has 2 saturated heterocycles. The first kappa shape index (κ1) is 16.3. The number of hydrogen-bond donors (Lipinski definition) is 0. The highest BCUT2D eigenvalue weighted by atomic mass is 16.6. The van der Waals surface area contributed by atoms with E-state index < -0.39 is 0 Å². The van der Waals surface area contributed by atoms with Crippen molar-refractivity contribution in [3.8, 4) is 0 Å². The van der Waals surface area contributed by atoms with Crippen LogP contribution >= 0.6 is 0 Å². The van der Waals surface area contributed by atoms with E-state index in [0.29, 0.717) is 6.61 Å². The zero-order chi connectivity index (χ0) is 15.9. The van der Waals surface area contributed by atoms with E-state index in [-0.39, 0.29) is 6.09 Å². The summed E-state index contributed by atoms with van der Waals surface area (Å²) < 4.78 is 10.8. The highest BCUT2D eigenvalue weighted by Crippen LogP contribution is 2.17. The highest BCUT2D eigenvalue weighted by Gasteiger charge is 2.24. The lowest BCUT2D eigenvalue weighted by molar-refractivity contribution is 0.0379. The summed E-state index contributed by atoms with van der Waals surface area (Å²) >= 11 is 0. The third-order valence-corrected chi connectivity index (χ3v) is 4.69. The van der Waals surface area contributed by atoms with Gasteiger partial charge in [-0.1, -0.05) is 30.3 Å². The second kappa shape index (κ2) is 8.31. The number of hydrogen-bond acceptors (Lipinski definition) is 4. The molecule has 1 aromatic rings. The Morgan fingerprint density at radius 1 is 1.09 bits per heavy atom. The monoisotopic (exact) mass is 318 g/mol. The van der Waals surface area contributed by atoms with Gasteiger partial charge in [-0.3, -0.25) is 4.90 Å². The van der Waals surface area contributed by atoms with Gasteiger partial charge in [0.15, 0.2) is 0 Å². The van der Waals surface area contributed by atoms with Crippen molar-refractivity contribution < 1.29 is 14.3 Å². The van der Waals surface area contributed by atoms with Crippen LogP contribution in [-0.2, 0) is 16.1 Å². The quantitative estimate of drug-likeness (QED) is 0.855. The maximum absolute atomic E-state index is 12.1. The van der Waals surface area contributed by atoms with Gasteiger partial charge in [0, 0.05) is 45.9 Å². The Labute approximate surface area is 138 Å². The number of benzene rings is 1. The Kier molecular flexibility index (Phi) is 5.88. The van der Waals surface area contributed by atoms with Crippen LogP contribution in [0.2, 0.25) is 0 Å². The molecule has 5 heteroatoms. The van der Waals surface area contributed by atoms with Crippen LogP contribution in [0.25, 0.3) is 0 Å².